The maximum absolute atomic E-state index is 11.8. The van der Waals surface area contributed by atoms with Gasteiger partial charge in [-0.3, -0.25) is 13.6 Å². The molecular formula is C44H94O8P2. The van der Waals surface area contributed by atoms with Gasteiger partial charge in [0.25, 0.3) is 0 Å². The lowest BCUT2D eigenvalue weighted by Crippen LogP contribution is -1.99. The van der Waals surface area contributed by atoms with Crippen LogP contribution in [0.1, 0.15) is 252 Å². The summed E-state index contributed by atoms with van der Waals surface area (Å²) in [6.07, 6.45) is 45.5. The first-order chi connectivity index (χ1) is 26.2. The number of phosphoric ester groups is 2. The van der Waals surface area contributed by atoms with Gasteiger partial charge in [-0.05, 0) is 19.3 Å². The molecule has 0 saturated carbocycles. The topological polar surface area (TPSA) is 123 Å². The van der Waals surface area contributed by atoms with E-state index in [-0.39, 0.29) is 6.61 Å². The summed E-state index contributed by atoms with van der Waals surface area (Å²) in [5.74, 6) is 0. The Kier molecular flexibility index (Phi) is 53.0. The lowest BCUT2D eigenvalue weighted by molar-refractivity contribution is 0.145. The van der Waals surface area contributed by atoms with Gasteiger partial charge in [0.15, 0.2) is 0 Å². The summed E-state index contributed by atoms with van der Waals surface area (Å²) in [5.41, 5.74) is 0. The second-order valence-corrected chi connectivity index (χ2v) is 17.8. The quantitative estimate of drug-likeness (QED) is 0.0316. The first kappa shape index (κ1) is 58.3. The Labute approximate surface area is 337 Å². The molecule has 0 aromatic heterocycles. The Balaban J connectivity index is -0.000000943. The Hall–Kier alpha value is -0.0400. The SMILES string of the molecule is C=C.CCCCCCCCCCCCCCCCCCOP(=O)(O)O.CCCCCCCCCCCCOP(=O)(O)OCCCCCCCCCCCC. The Morgan fingerprint density at radius 3 is 0.667 bits per heavy atom. The highest BCUT2D eigenvalue weighted by molar-refractivity contribution is 7.47. The summed E-state index contributed by atoms with van der Waals surface area (Å²) in [7, 11) is -8.10. The fraction of sp³-hybridized carbons (Fsp3) is 0.955. The predicted octanol–water partition coefficient (Wildman–Crippen LogP) is 16.1. The monoisotopic (exact) mass is 813 g/mol. The number of hydrogen-bond acceptors (Lipinski definition) is 5. The number of unbranched alkanes of at least 4 members (excludes halogenated alkanes) is 33. The van der Waals surface area contributed by atoms with Crippen LogP contribution in [0.25, 0.3) is 0 Å². The first-order valence-corrected chi connectivity index (χ1v) is 26.0. The van der Waals surface area contributed by atoms with E-state index in [9.17, 15) is 14.0 Å². The van der Waals surface area contributed by atoms with Crippen molar-refractivity contribution in [1.82, 2.24) is 0 Å². The van der Waals surface area contributed by atoms with E-state index in [4.69, 9.17) is 18.8 Å². The largest absolute Gasteiger partial charge is 0.472 e. The van der Waals surface area contributed by atoms with Crippen LogP contribution in [0.4, 0.5) is 0 Å². The summed E-state index contributed by atoms with van der Waals surface area (Å²) in [6, 6.07) is 0. The second kappa shape index (κ2) is 49.1. The second-order valence-electron chi connectivity index (χ2n) is 15.1. The minimum atomic E-state index is -4.26. The van der Waals surface area contributed by atoms with Gasteiger partial charge in [-0.1, -0.05) is 233 Å². The van der Waals surface area contributed by atoms with Gasteiger partial charge in [0.2, 0.25) is 0 Å². The van der Waals surface area contributed by atoms with E-state index in [1.54, 1.807) is 0 Å². The molecule has 0 fully saturated rings. The Morgan fingerprint density at radius 1 is 0.315 bits per heavy atom. The smallest absolute Gasteiger partial charge is 0.303 e. The molecule has 0 amide bonds. The van der Waals surface area contributed by atoms with Crippen LogP contribution >= 0.6 is 15.6 Å². The van der Waals surface area contributed by atoms with Gasteiger partial charge in [0.1, 0.15) is 0 Å². The molecule has 0 aliphatic heterocycles. The summed E-state index contributed by atoms with van der Waals surface area (Å²) < 4.78 is 36.9. The standard InChI is InChI=1S/C24H51O4P.C18H39O4P.C2H4/c1-3-5-7-9-11-13-15-17-19-21-23-27-29(25,26)28-24-22-20-18-16-14-12-10-8-6-4-2;1-2-3-4-5-6-7-8-9-10-11-12-13-14-15-16-17-18-22-23(19,20)21;1-2/h3-24H2,1-2H3,(H,25,26);2-18H2,1H3,(H2,19,20,21);1-2H2. The minimum absolute atomic E-state index is 0.169. The highest BCUT2D eigenvalue weighted by Crippen LogP contribution is 2.43. The zero-order chi connectivity index (χ0) is 40.7. The van der Waals surface area contributed by atoms with Crippen LogP contribution in [0, 0.1) is 0 Å². The van der Waals surface area contributed by atoms with Gasteiger partial charge in [0.05, 0.1) is 19.8 Å². The van der Waals surface area contributed by atoms with Crippen LogP contribution in [0.3, 0.4) is 0 Å². The molecular weight excluding hydrogens is 718 g/mol. The molecule has 0 bridgehead atoms. The van der Waals surface area contributed by atoms with Crippen LogP contribution in [-0.4, -0.2) is 34.5 Å². The molecule has 0 heterocycles. The number of phosphoric acid groups is 2. The molecule has 0 aliphatic rings. The van der Waals surface area contributed by atoms with Crippen LogP contribution < -0.4 is 0 Å². The molecule has 54 heavy (non-hydrogen) atoms. The van der Waals surface area contributed by atoms with Gasteiger partial charge < -0.3 is 14.7 Å². The van der Waals surface area contributed by atoms with Crippen molar-refractivity contribution < 1.29 is 37.4 Å². The summed E-state index contributed by atoms with van der Waals surface area (Å²) >= 11 is 0. The molecule has 8 nitrogen and oxygen atoms in total. The molecule has 3 N–H and O–H groups in total. The Bertz CT molecular complexity index is 750. The molecule has 328 valence electrons. The highest BCUT2D eigenvalue weighted by atomic mass is 31.2. The van der Waals surface area contributed by atoms with Crippen molar-refractivity contribution in [2.24, 2.45) is 0 Å². The van der Waals surface area contributed by atoms with Crippen molar-refractivity contribution in [2.45, 2.75) is 252 Å². The van der Waals surface area contributed by atoms with Crippen LogP contribution in [0.15, 0.2) is 13.2 Å². The van der Waals surface area contributed by atoms with E-state index >= 15 is 0 Å². The van der Waals surface area contributed by atoms with Crippen molar-refractivity contribution >= 4 is 15.6 Å². The summed E-state index contributed by atoms with van der Waals surface area (Å²) in [4.78, 5) is 26.8. The van der Waals surface area contributed by atoms with E-state index in [1.807, 2.05) is 0 Å². The van der Waals surface area contributed by atoms with Gasteiger partial charge >= 0.3 is 15.6 Å². The molecule has 0 aliphatic carbocycles. The lowest BCUT2D eigenvalue weighted by atomic mass is 10.0. The third-order valence-electron chi connectivity index (χ3n) is 9.76. The molecule has 0 aromatic carbocycles. The molecule has 0 radical (unpaired) electrons. The molecule has 0 aromatic rings. The van der Waals surface area contributed by atoms with Crippen LogP contribution in [0.5, 0.6) is 0 Å². The minimum Gasteiger partial charge on any atom is -0.303 e. The van der Waals surface area contributed by atoms with Crippen molar-refractivity contribution in [3.63, 3.8) is 0 Å². The predicted molar refractivity (Wildman–Crippen MR) is 234 cm³/mol. The maximum Gasteiger partial charge on any atom is 0.472 e. The molecule has 0 rings (SSSR count). The molecule has 0 atom stereocenters. The third kappa shape index (κ3) is 58.7. The van der Waals surface area contributed by atoms with E-state index in [0.29, 0.717) is 13.2 Å². The van der Waals surface area contributed by atoms with E-state index < -0.39 is 15.6 Å². The molecule has 10 heteroatoms. The summed E-state index contributed by atoms with van der Waals surface area (Å²) in [6.45, 7) is 13.6. The maximum atomic E-state index is 11.8. The zero-order valence-corrected chi connectivity index (χ0v) is 38.1. The van der Waals surface area contributed by atoms with E-state index in [2.05, 4.69) is 38.5 Å². The fourth-order valence-corrected chi connectivity index (χ4v) is 7.57. The van der Waals surface area contributed by atoms with Crippen LogP contribution in [-0.2, 0) is 22.7 Å². The highest BCUT2D eigenvalue weighted by Gasteiger charge is 2.20. The lowest BCUT2D eigenvalue weighted by Gasteiger charge is -2.12. The van der Waals surface area contributed by atoms with Crippen molar-refractivity contribution in [3.8, 4) is 0 Å². The first-order valence-electron chi connectivity index (χ1n) is 23.0. The number of hydrogen-bond donors (Lipinski definition) is 3. The van der Waals surface area contributed by atoms with Crippen molar-refractivity contribution in [3.05, 3.63) is 13.2 Å². The zero-order valence-electron chi connectivity index (χ0n) is 36.3. The summed E-state index contributed by atoms with van der Waals surface area (Å²) in [5, 5.41) is 0. The normalized spacial score (nSPS) is 11.6. The van der Waals surface area contributed by atoms with Crippen molar-refractivity contribution in [1.29, 1.82) is 0 Å². The van der Waals surface area contributed by atoms with Gasteiger partial charge in [0, 0.05) is 0 Å². The molecule has 0 spiro atoms. The molecule has 0 unspecified atom stereocenters. The molecule has 0 saturated heterocycles. The van der Waals surface area contributed by atoms with Gasteiger partial charge in [-0.2, -0.15) is 0 Å². The van der Waals surface area contributed by atoms with Gasteiger partial charge in [-0.25, -0.2) is 9.13 Å². The third-order valence-corrected chi connectivity index (χ3v) is 11.3. The van der Waals surface area contributed by atoms with E-state index in [1.165, 1.54) is 186 Å². The fourth-order valence-electron chi connectivity index (χ4n) is 6.41. The Morgan fingerprint density at radius 2 is 0.481 bits per heavy atom. The number of rotatable bonds is 42. The van der Waals surface area contributed by atoms with E-state index in [0.717, 1.165) is 44.9 Å². The van der Waals surface area contributed by atoms with Gasteiger partial charge in [-0.15, -0.1) is 13.2 Å². The average Bonchev–Trinajstić information content (AvgIpc) is 3.14. The van der Waals surface area contributed by atoms with Crippen LogP contribution in [0.2, 0.25) is 0 Å². The average molecular weight is 813 g/mol. The van der Waals surface area contributed by atoms with Crippen molar-refractivity contribution in [2.75, 3.05) is 19.8 Å².